The molecule has 4 N–H and O–H groups in total. The second-order valence-electron chi connectivity index (χ2n) is 10.2. The highest BCUT2D eigenvalue weighted by atomic mass is 16.5. The van der Waals surface area contributed by atoms with Crippen LogP contribution in [0.5, 0.6) is 0 Å². The number of carbonyl (C=O) groups is 2. The molecule has 3 aromatic heterocycles. The number of aromatic amines is 1. The number of anilines is 4. The molecule has 0 atom stereocenters. The molecule has 0 unspecified atom stereocenters. The Hall–Kier alpha value is -5.04. The predicted octanol–water partition coefficient (Wildman–Crippen LogP) is 1.85. The number of benzene rings is 1. The molecule has 4 aromatic rings. The average Bonchev–Trinajstić information content (AvgIpc) is 3.43. The number of piperazine rings is 1. The van der Waals surface area contributed by atoms with Crippen LogP contribution in [0.3, 0.4) is 0 Å². The van der Waals surface area contributed by atoms with Crippen LogP contribution in [0.2, 0.25) is 0 Å². The number of nitrogen functional groups attached to an aromatic ring is 1. The molecule has 0 saturated carbocycles. The van der Waals surface area contributed by atoms with Crippen molar-refractivity contribution in [1.82, 2.24) is 29.8 Å². The maximum absolute atomic E-state index is 13.2. The zero-order chi connectivity index (χ0) is 29.1. The highest BCUT2D eigenvalue weighted by Gasteiger charge is 2.24. The number of pyridine rings is 1. The lowest BCUT2D eigenvalue weighted by Gasteiger charge is -2.37. The van der Waals surface area contributed by atoms with E-state index in [1.165, 1.54) is 6.08 Å². The SMILES string of the molecule is C=CC(=O)Nc1ccc2nc(CC(=O)N3CCN(c4cc(-c5cnc(N)nc5)nc(N5CCOCC5)c4)CC3)[nH]c2c1. The molecule has 2 saturated heterocycles. The third-order valence-electron chi connectivity index (χ3n) is 7.40. The second-order valence-corrected chi connectivity index (χ2v) is 10.2. The van der Waals surface area contributed by atoms with Crippen LogP contribution in [0.4, 0.5) is 23.1 Å². The van der Waals surface area contributed by atoms with E-state index < -0.39 is 0 Å². The first-order valence-electron chi connectivity index (χ1n) is 13.8. The highest BCUT2D eigenvalue weighted by molar-refractivity contribution is 6.00. The molecule has 0 radical (unpaired) electrons. The Morgan fingerprint density at radius 1 is 1.00 bits per heavy atom. The van der Waals surface area contributed by atoms with Crippen LogP contribution >= 0.6 is 0 Å². The zero-order valence-corrected chi connectivity index (χ0v) is 23.1. The fourth-order valence-electron chi connectivity index (χ4n) is 5.14. The molecule has 2 amide bonds. The van der Waals surface area contributed by atoms with Gasteiger partial charge in [0.25, 0.3) is 0 Å². The summed E-state index contributed by atoms with van der Waals surface area (Å²) in [7, 11) is 0. The Morgan fingerprint density at radius 3 is 2.50 bits per heavy atom. The number of hydrogen-bond acceptors (Lipinski definition) is 10. The number of nitrogens with zero attached hydrogens (tertiary/aromatic N) is 7. The average molecular weight is 569 g/mol. The predicted molar refractivity (Wildman–Crippen MR) is 160 cm³/mol. The molecular formula is C29H32N10O3. The number of fused-ring (bicyclic) bond motifs is 1. The third kappa shape index (κ3) is 6.00. The van der Waals surface area contributed by atoms with Gasteiger partial charge in [-0.15, -0.1) is 0 Å². The number of nitrogens with two attached hydrogens (primary N) is 1. The molecule has 6 rings (SSSR count). The monoisotopic (exact) mass is 568 g/mol. The largest absolute Gasteiger partial charge is 0.378 e. The molecule has 13 nitrogen and oxygen atoms in total. The van der Waals surface area contributed by atoms with Crippen LogP contribution < -0.4 is 20.9 Å². The molecule has 5 heterocycles. The van der Waals surface area contributed by atoms with Crippen LogP contribution in [0.25, 0.3) is 22.3 Å². The fourth-order valence-corrected chi connectivity index (χ4v) is 5.14. The molecular weight excluding hydrogens is 536 g/mol. The molecule has 13 heteroatoms. The van der Waals surface area contributed by atoms with E-state index in [1.807, 2.05) is 17.0 Å². The topological polar surface area (TPSA) is 158 Å². The van der Waals surface area contributed by atoms with Gasteiger partial charge in [-0.25, -0.2) is 19.9 Å². The molecule has 0 spiro atoms. The minimum absolute atomic E-state index is 0.0114. The summed E-state index contributed by atoms with van der Waals surface area (Å²) in [6.45, 7) is 8.86. The number of aromatic nitrogens is 5. The van der Waals surface area contributed by atoms with Gasteiger partial charge in [-0.3, -0.25) is 9.59 Å². The maximum Gasteiger partial charge on any atom is 0.247 e. The highest BCUT2D eigenvalue weighted by Crippen LogP contribution is 2.29. The van der Waals surface area contributed by atoms with Gasteiger partial charge in [0.1, 0.15) is 11.6 Å². The molecule has 216 valence electrons. The lowest BCUT2D eigenvalue weighted by molar-refractivity contribution is -0.130. The summed E-state index contributed by atoms with van der Waals surface area (Å²) >= 11 is 0. The maximum atomic E-state index is 13.2. The van der Waals surface area contributed by atoms with Gasteiger partial charge >= 0.3 is 0 Å². The van der Waals surface area contributed by atoms with Crippen molar-refractivity contribution in [3.63, 3.8) is 0 Å². The van der Waals surface area contributed by atoms with Gasteiger partial charge in [0, 0.05) is 74.7 Å². The normalized spacial score (nSPS) is 15.6. The van der Waals surface area contributed by atoms with Gasteiger partial charge < -0.3 is 35.5 Å². The fraction of sp³-hybridized carbons (Fsp3) is 0.310. The third-order valence-corrected chi connectivity index (χ3v) is 7.40. The Kier molecular flexibility index (Phi) is 7.64. The zero-order valence-electron chi connectivity index (χ0n) is 23.1. The van der Waals surface area contributed by atoms with E-state index in [0.29, 0.717) is 50.9 Å². The van der Waals surface area contributed by atoms with Crippen LogP contribution in [0.1, 0.15) is 5.82 Å². The number of hydrogen-bond donors (Lipinski definition) is 3. The van der Waals surface area contributed by atoms with Crippen molar-refractivity contribution in [2.45, 2.75) is 6.42 Å². The van der Waals surface area contributed by atoms with Gasteiger partial charge in [-0.1, -0.05) is 6.58 Å². The molecule has 2 fully saturated rings. The van der Waals surface area contributed by atoms with Crippen molar-refractivity contribution in [2.75, 3.05) is 73.3 Å². The number of amides is 2. The molecule has 2 aliphatic rings. The van der Waals surface area contributed by atoms with E-state index in [0.717, 1.165) is 46.9 Å². The van der Waals surface area contributed by atoms with Crippen LogP contribution in [-0.2, 0) is 20.7 Å². The van der Waals surface area contributed by atoms with Gasteiger partial charge in [-0.05, 0) is 30.3 Å². The number of morpholine rings is 1. The summed E-state index contributed by atoms with van der Waals surface area (Å²) in [4.78, 5) is 52.1. The lowest BCUT2D eigenvalue weighted by Crippen LogP contribution is -2.49. The van der Waals surface area contributed by atoms with Crippen molar-refractivity contribution in [1.29, 1.82) is 0 Å². The number of H-pyrrole nitrogens is 1. The lowest BCUT2D eigenvalue weighted by atomic mass is 10.1. The molecule has 0 bridgehead atoms. The standard InChI is InChI=1S/C29H32N10O3/c1-2-27(40)33-20-3-4-22-24(13-20)35-25(34-22)16-28(41)39-7-5-37(6-8-39)21-14-23(19-17-31-29(30)32-18-19)36-26(15-21)38-9-11-42-12-10-38/h2-4,13-15,17-18H,1,5-12,16H2,(H,33,40)(H,34,35)(H2,30,31,32). The van der Waals surface area contributed by atoms with Gasteiger partial charge in [0.05, 0.1) is 36.4 Å². The Bertz CT molecular complexity index is 1610. The van der Waals surface area contributed by atoms with Gasteiger partial charge in [-0.2, -0.15) is 0 Å². The minimum Gasteiger partial charge on any atom is -0.378 e. The van der Waals surface area contributed by atoms with Crippen molar-refractivity contribution in [3.8, 4) is 11.3 Å². The molecule has 42 heavy (non-hydrogen) atoms. The smallest absolute Gasteiger partial charge is 0.247 e. The summed E-state index contributed by atoms with van der Waals surface area (Å²) in [6.07, 6.45) is 4.75. The van der Waals surface area contributed by atoms with Gasteiger partial charge in [0.2, 0.25) is 17.8 Å². The van der Waals surface area contributed by atoms with Crippen molar-refractivity contribution in [2.24, 2.45) is 0 Å². The molecule has 1 aromatic carbocycles. The number of nitrogens with one attached hydrogen (secondary N) is 2. The quantitative estimate of drug-likeness (QED) is 0.281. The van der Waals surface area contributed by atoms with Crippen LogP contribution in [-0.4, -0.2) is 94.1 Å². The van der Waals surface area contributed by atoms with E-state index in [-0.39, 0.29) is 24.2 Å². The summed E-state index contributed by atoms with van der Waals surface area (Å²) in [5.41, 5.74) is 10.4. The number of ether oxygens (including phenoxy) is 1. The Morgan fingerprint density at radius 2 is 1.76 bits per heavy atom. The van der Waals surface area contributed by atoms with Crippen molar-refractivity contribution in [3.05, 3.63) is 61.2 Å². The van der Waals surface area contributed by atoms with E-state index in [2.05, 4.69) is 47.7 Å². The number of imidazole rings is 1. The van der Waals surface area contributed by atoms with Crippen molar-refractivity contribution < 1.29 is 14.3 Å². The van der Waals surface area contributed by atoms with E-state index >= 15 is 0 Å². The van der Waals surface area contributed by atoms with Crippen molar-refractivity contribution >= 4 is 46.0 Å². The van der Waals surface area contributed by atoms with E-state index in [9.17, 15) is 9.59 Å². The van der Waals surface area contributed by atoms with Crippen LogP contribution in [0, 0.1) is 0 Å². The number of carbonyl (C=O) groups excluding carboxylic acids is 2. The van der Waals surface area contributed by atoms with Gasteiger partial charge in [0.15, 0.2) is 0 Å². The summed E-state index contributed by atoms with van der Waals surface area (Å²) in [6, 6.07) is 9.51. The van der Waals surface area contributed by atoms with Crippen LogP contribution in [0.15, 0.2) is 55.4 Å². The Balaban J connectivity index is 1.14. The minimum atomic E-state index is -0.289. The summed E-state index contributed by atoms with van der Waals surface area (Å²) in [5.74, 6) is 1.40. The summed E-state index contributed by atoms with van der Waals surface area (Å²) < 4.78 is 5.54. The Labute approximate surface area is 242 Å². The molecule has 0 aliphatic carbocycles. The first-order valence-corrected chi connectivity index (χ1v) is 13.8. The first kappa shape index (κ1) is 27.1. The molecule has 2 aliphatic heterocycles. The van der Waals surface area contributed by atoms with E-state index in [4.69, 9.17) is 15.5 Å². The number of rotatable bonds is 7. The first-order chi connectivity index (χ1) is 20.4. The summed E-state index contributed by atoms with van der Waals surface area (Å²) in [5, 5.41) is 2.73. The van der Waals surface area contributed by atoms with E-state index in [1.54, 1.807) is 24.5 Å². The second kappa shape index (κ2) is 11.8.